The second-order valence-corrected chi connectivity index (χ2v) is 4.20. The van der Waals surface area contributed by atoms with Crippen LogP contribution in [0.15, 0.2) is 18.2 Å². The Balaban J connectivity index is 3.14. The molecule has 0 heterocycles. The highest BCUT2D eigenvalue weighted by molar-refractivity contribution is 5.77. The van der Waals surface area contributed by atoms with E-state index in [0.29, 0.717) is 17.1 Å². The Morgan fingerprint density at radius 2 is 1.94 bits per heavy atom. The first-order valence-corrected chi connectivity index (χ1v) is 5.70. The number of methoxy groups -OCH3 is 2. The van der Waals surface area contributed by atoms with Crippen LogP contribution < -0.4 is 14.8 Å². The number of aliphatic carboxylic acids is 1. The normalized spacial score (nSPS) is 12.3. The third-order valence-electron chi connectivity index (χ3n) is 2.50. The van der Waals surface area contributed by atoms with E-state index in [1.54, 1.807) is 25.3 Å². The summed E-state index contributed by atoms with van der Waals surface area (Å²) in [5.41, 5.74) is 0.583. The predicted octanol–water partition coefficient (Wildman–Crippen LogP) is 1.83. The van der Waals surface area contributed by atoms with Gasteiger partial charge in [0.25, 0.3) is 0 Å². The molecule has 0 aliphatic carbocycles. The van der Waals surface area contributed by atoms with Crippen molar-refractivity contribution in [1.82, 2.24) is 5.32 Å². The van der Waals surface area contributed by atoms with E-state index in [4.69, 9.17) is 9.47 Å². The number of hydrogen-bond donors (Lipinski definition) is 2. The fraction of sp³-hybridized carbons (Fsp3) is 0.462. The number of ether oxygens (including phenoxy) is 2. The van der Waals surface area contributed by atoms with Gasteiger partial charge in [-0.1, -0.05) is 0 Å². The number of benzene rings is 1. The van der Waals surface area contributed by atoms with Crippen LogP contribution in [0.25, 0.3) is 0 Å². The number of carboxylic acid groups (broad SMARTS) is 1. The van der Waals surface area contributed by atoms with Crippen molar-refractivity contribution in [1.29, 1.82) is 0 Å². The van der Waals surface area contributed by atoms with E-state index in [9.17, 15) is 9.90 Å². The molecule has 0 saturated heterocycles. The molecule has 1 rings (SSSR count). The molecule has 18 heavy (non-hydrogen) atoms. The SMILES string of the molecule is COc1ccc(C(NC(C)C)C(=O)O)c(OC)c1. The second-order valence-electron chi connectivity index (χ2n) is 4.20. The van der Waals surface area contributed by atoms with Crippen LogP contribution in [0.4, 0.5) is 0 Å². The maximum atomic E-state index is 11.3. The summed E-state index contributed by atoms with van der Waals surface area (Å²) in [6, 6.07) is 4.35. The van der Waals surface area contributed by atoms with Gasteiger partial charge in [-0.15, -0.1) is 0 Å². The van der Waals surface area contributed by atoms with Gasteiger partial charge in [0.1, 0.15) is 17.5 Å². The number of carbonyl (C=O) groups is 1. The van der Waals surface area contributed by atoms with Gasteiger partial charge in [0, 0.05) is 17.7 Å². The summed E-state index contributed by atoms with van der Waals surface area (Å²) in [5.74, 6) is 0.186. The summed E-state index contributed by atoms with van der Waals surface area (Å²) in [6.45, 7) is 3.79. The number of hydrogen-bond acceptors (Lipinski definition) is 4. The van der Waals surface area contributed by atoms with Crippen LogP contribution in [0.5, 0.6) is 11.5 Å². The van der Waals surface area contributed by atoms with Crippen LogP contribution in [0.1, 0.15) is 25.5 Å². The molecule has 100 valence electrons. The third kappa shape index (κ3) is 3.37. The van der Waals surface area contributed by atoms with Crippen molar-refractivity contribution in [2.24, 2.45) is 0 Å². The van der Waals surface area contributed by atoms with Gasteiger partial charge in [-0.3, -0.25) is 10.1 Å². The van der Waals surface area contributed by atoms with E-state index in [-0.39, 0.29) is 6.04 Å². The molecule has 5 nitrogen and oxygen atoms in total. The average Bonchev–Trinajstić information content (AvgIpc) is 2.34. The van der Waals surface area contributed by atoms with Crippen LogP contribution in [-0.2, 0) is 4.79 Å². The molecule has 1 aromatic carbocycles. The molecule has 1 unspecified atom stereocenters. The van der Waals surface area contributed by atoms with E-state index in [1.165, 1.54) is 7.11 Å². The lowest BCUT2D eigenvalue weighted by Gasteiger charge is -2.20. The molecule has 2 N–H and O–H groups in total. The molecule has 1 atom stereocenters. The molecule has 0 aliphatic rings. The van der Waals surface area contributed by atoms with Crippen molar-refractivity contribution in [3.63, 3.8) is 0 Å². The fourth-order valence-electron chi connectivity index (χ4n) is 1.68. The van der Waals surface area contributed by atoms with Crippen molar-refractivity contribution in [3.05, 3.63) is 23.8 Å². The summed E-state index contributed by atoms with van der Waals surface area (Å²) < 4.78 is 10.3. The van der Waals surface area contributed by atoms with Gasteiger partial charge in [-0.2, -0.15) is 0 Å². The summed E-state index contributed by atoms with van der Waals surface area (Å²) in [7, 11) is 3.06. The maximum absolute atomic E-state index is 11.3. The fourth-order valence-corrected chi connectivity index (χ4v) is 1.68. The molecule has 0 spiro atoms. The van der Waals surface area contributed by atoms with Gasteiger partial charge in [0.2, 0.25) is 0 Å². The van der Waals surface area contributed by atoms with Crippen LogP contribution in [0.2, 0.25) is 0 Å². The van der Waals surface area contributed by atoms with Gasteiger partial charge < -0.3 is 14.6 Å². The average molecular weight is 253 g/mol. The summed E-state index contributed by atoms with van der Waals surface area (Å²) in [4.78, 5) is 11.3. The number of carboxylic acids is 1. The Bertz CT molecular complexity index is 417. The van der Waals surface area contributed by atoms with Gasteiger partial charge >= 0.3 is 5.97 Å². The Morgan fingerprint density at radius 3 is 2.39 bits per heavy atom. The Morgan fingerprint density at radius 1 is 1.28 bits per heavy atom. The van der Waals surface area contributed by atoms with E-state index < -0.39 is 12.0 Å². The zero-order valence-corrected chi connectivity index (χ0v) is 11.1. The highest BCUT2D eigenvalue weighted by Gasteiger charge is 2.24. The first kappa shape index (κ1) is 14.3. The molecule has 0 saturated carbocycles. The summed E-state index contributed by atoms with van der Waals surface area (Å²) in [6.07, 6.45) is 0. The largest absolute Gasteiger partial charge is 0.497 e. The van der Waals surface area contributed by atoms with Crippen LogP contribution in [0.3, 0.4) is 0 Å². The Labute approximate surface area is 107 Å². The Hall–Kier alpha value is -1.75. The molecule has 0 aromatic heterocycles. The van der Waals surface area contributed by atoms with E-state index in [0.717, 1.165) is 0 Å². The molecular formula is C13H19NO4. The zero-order chi connectivity index (χ0) is 13.7. The molecule has 0 fully saturated rings. The van der Waals surface area contributed by atoms with Crippen molar-refractivity contribution < 1.29 is 19.4 Å². The van der Waals surface area contributed by atoms with Gasteiger partial charge in [0.05, 0.1) is 14.2 Å². The van der Waals surface area contributed by atoms with Crippen molar-refractivity contribution in [2.75, 3.05) is 14.2 Å². The third-order valence-corrected chi connectivity index (χ3v) is 2.50. The second kappa shape index (κ2) is 6.26. The monoisotopic (exact) mass is 253 g/mol. The highest BCUT2D eigenvalue weighted by atomic mass is 16.5. The van der Waals surface area contributed by atoms with Crippen molar-refractivity contribution in [3.8, 4) is 11.5 Å². The highest BCUT2D eigenvalue weighted by Crippen LogP contribution is 2.29. The summed E-state index contributed by atoms with van der Waals surface area (Å²) in [5, 5.41) is 12.3. The van der Waals surface area contributed by atoms with Crippen LogP contribution >= 0.6 is 0 Å². The molecule has 1 aromatic rings. The number of rotatable bonds is 6. The molecule has 0 radical (unpaired) electrons. The standard InChI is InChI=1S/C13H19NO4/c1-8(2)14-12(13(15)16)10-6-5-9(17-3)7-11(10)18-4/h5-8,12,14H,1-4H3,(H,15,16). The van der Waals surface area contributed by atoms with Crippen molar-refractivity contribution in [2.45, 2.75) is 25.9 Å². The number of nitrogens with one attached hydrogen (secondary N) is 1. The molecular weight excluding hydrogens is 234 g/mol. The minimum Gasteiger partial charge on any atom is -0.497 e. The van der Waals surface area contributed by atoms with E-state index in [1.807, 2.05) is 13.8 Å². The quantitative estimate of drug-likeness (QED) is 0.809. The molecule has 0 amide bonds. The first-order valence-electron chi connectivity index (χ1n) is 5.70. The van der Waals surface area contributed by atoms with Crippen LogP contribution in [0, 0.1) is 0 Å². The van der Waals surface area contributed by atoms with Gasteiger partial charge in [-0.05, 0) is 26.0 Å². The van der Waals surface area contributed by atoms with E-state index in [2.05, 4.69) is 5.32 Å². The minimum atomic E-state index is -0.938. The topological polar surface area (TPSA) is 67.8 Å². The summed E-state index contributed by atoms with van der Waals surface area (Å²) >= 11 is 0. The lowest BCUT2D eigenvalue weighted by atomic mass is 10.0. The van der Waals surface area contributed by atoms with Gasteiger partial charge in [0.15, 0.2) is 0 Å². The molecule has 0 aliphatic heterocycles. The maximum Gasteiger partial charge on any atom is 0.325 e. The molecule has 5 heteroatoms. The van der Waals surface area contributed by atoms with E-state index >= 15 is 0 Å². The lowest BCUT2D eigenvalue weighted by molar-refractivity contribution is -0.139. The zero-order valence-electron chi connectivity index (χ0n) is 11.1. The minimum absolute atomic E-state index is 0.0536. The van der Waals surface area contributed by atoms with Gasteiger partial charge in [-0.25, -0.2) is 0 Å². The van der Waals surface area contributed by atoms with Crippen LogP contribution in [-0.4, -0.2) is 31.3 Å². The predicted molar refractivity (Wildman–Crippen MR) is 68.2 cm³/mol. The lowest BCUT2D eigenvalue weighted by Crippen LogP contribution is -2.33. The molecule has 0 bridgehead atoms. The Kier molecular flexibility index (Phi) is 4.97. The smallest absolute Gasteiger partial charge is 0.325 e. The first-order chi connectivity index (χ1) is 8.49. The van der Waals surface area contributed by atoms with Crippen molar-refractivity contribution >= 4 is 5.97 Å².